The van der Waals surface area contributed by atoms with Crippen LogP contribution < -0.4 is 10.1 Å². The fourth-order valence-electron chi connectivity index (χ4n) is 2.99. The Bertz CT molecular complexity index is 1140. The van der Waals surface area contributed by atoms with E-state index in [1.807, 2.05) is 28.8 Å². The van der Waals surface area contributed by atoms with Crippen molar-refractivity contribution < 1.29 is 9.53 Å². The number of thiazole rings is 1. The number of rotatable bonds is 5. The van der Waals surface area contributed by atoms with Crippen LogP contribution >= 0.6 is 11.3 Å². The Morgan fingerprint density at radius 1 is 1.37 bits per heavy atom. The molecule has 3 heterocycles. The average Bonchev–Trinajstić information content (AvgIpc) is 3.12. The molecular weight excluding hydrogens is 364 g/mol. The van der Waals surface area contributed by atoms with Crippen molar-refractivity contribution in [3.05, 3.63) is 36.8 Å². The Morgan fingerprint density at radius 3 is 3.04 bits per heavy atom. The van der Waals surface area contributed by atoms with E-state index in [2.05, 4.69) is 25.5 Å². The van der Waals surface area contributed by atoms with Crippen LogP contribution in [0.4, 0.5) is 5.13 Å². The van der Waals surface area contributed by atoms with Crippen molar-refractivity contribution in [2.75, 3.05) is 12.4 Å². The molecule has 0 radical (unpaired) electrons. The largest absolute Gasteiger partial charge is 0.496 e. The smallest absolute Gasteiger partial charge is 0.229 e. The van der Waals surface area contributed by atoms with Crippen molar-refractivity contribution in [2.45, 2.75) is 12.8 Å². The number of nitrogens with one attached hydrogen (secondary N) is 2. The summed E-state index contributed by atoms with van der Waals surface area (Å²) >= 11 is 1.40. The summed E-state index contributed by atoms with van der Waals surface area (Å²) in [6.45, 7) is 0. The van der Waals surface area contributed by atoms with Gasteiger partial charge >= 0.3 is 0 Å². The van der Waals surface area contributed by atoms with Crippen molar-refractivity contribution in [3.8, 4) is 22.8 Å². The number of nitrogens with zero attached hydrogens (tertiary/aromatic N) is 4. The van der Waals surface area contributed by atoms with Gasteiger partial charge in [-0.1, -0.05) is 23.5 Å². The first-order valence-corrected chi connectivity index (χ1v) is 9.38. The summed E-state index contributed by atoms with van der Waals surface area (Å²) in [6, 6.07) is 7.76. The molecular formula is C18H16N6O2S. The molecule has 0 aliphatic heterocycles. The molecule has 0 bridgehead atoms. The first kappa shape index (κ1) is 16.0. The summed E-state index contributed by atoms with van der Waals surface area (Å²) in [4.78, 5) is 20.7. The Hall–Kier alpha value is -3.20. The quantitative estimate of drug-likeness (QED) is 0.554. The molecule has 1 fully saturated rings. The summed E-state index contributed by atoms with van der Waals surface area (Å²) in [5.41, 5.74) is 2.42. The Morgan fingerprint density at radius 2 is 2.22 bits per heavy atom. The number of methoxy groups -OCH3 is 1. The molecule has 1 aromatic carbocycles. The number of para-hydroxylation sites is 1. The molecule has 0 saturated heterocycles. The standard InChI is InChI=1S/C18H16N6O2S/c1-26-13-5-3-2-4-11(13)12-8-19-9-24(12)16-14-15(22-23-16)20-18(27-14)21-17(25)10-6-7-10/h2-5,8-10H,6-7H2,1H3,(H2,20,21,22,23,25). The van der Waals surface area contributed by atoms with Gasteiger partial charge in [-0.25, -0.2) is 9.97 Å². The molecule has 0 unspecified atom stereocenters. The molecule has 1 aliphatic rings. The number of H-pyrrole nitrogens is 1. The van der Waals surface area contributed by atoms with Gasteiger partial charge in [-0.2, -0.15) is 5.10 Å². The fraction of sp³-hybridized carbons (Fsp3) is 0.222. The van der Waals surface area contributed by atoms with Crippen LogP contribution in [0, 0.1) is 5.92 Å². The molecule has 0 spiro atoms. The Kier molecular flexibility index (Phi) is 3.68. The third-order valence-electron chi connectivity index (χ3n) is 4.53. The first-order valence-electron chi connectivity index (χ1n) is 8.56. The number of fused-ring (bicyclic) bond motifs is 1. The predicted octanol–water partition coefficient (Wildman–Crippen LogP) is 3.23. The van der Waals surface area contributed by atoms with E-state index in [0.29, 0.717) is 16.6 Å². The topological polar surface area (TPSA) is 97.7 Å². The van der Waals surface area contributed by atoms with E-state index < -0.39 is 0 Å². The van der Waals surface area contributed by atoms with Crippen LogP contribution in [0.5, 0.6) is 5.75 Å². The van der Waals surface area contributed by atoms with Crippen molar-refractivity contribution in [1.29, 1.82) is 0 Å². The minimum Gasteiger partial charge on any atom is -0.496 e. The maximum atomic E-state index is 12.0. The van der Waals surface area contributed by atoms with Crippen LogP contribution in [0.25, 0.3) is 27.4 Å². The van der Waals surface area contributed by atoms with Gasteiger partial charge in [-0.05, 0) is 25.0 Å². The zero-order valence-electron chi connectivity index (χ0n) is 14.5. The van der Waals surface area contributed by atoms with Crippen LogP contribution in [0.2, 0.25) is 0 Å². The van der Waals surface area contributed by atoms with E-state index in [-0.39, 0.29) is 11.8 Å². The third-order valence-corrected chi connectivity index (χ3v) is 5.49. The highest BCUT2D eigenvalue weighted by Gasteiger charge is 2.30. The Labute approximate surface area is 158 Å². The molecule has 4 aromatic rings. The number of benzene rings is 1. The third kappa shape index (κ3) is 2.76. The molecule has 27 heavy (non-hydrogen) atoms. The zero-order valence-corrected chi connectivity index (χ0v) is 15.3. The lowest BCUT2D eigenvalue weighted by atomic mass is 10.1. The Balaban J connectivity index is 1.56. The highest BCUT2D eigenvalue weighted by molar-refractivity contribution is 7.22. The minimum atomic E-state index is 0.0401. The molecule has 1 saturated carbocycles. The molecule has 1 amide bonds. The second-order valence-electron chi connectivity index (χ2n) is 6.36. The molecule has 8 nitrogen and oxygen atoms in total. The number of aromatic nitrogens is 5. The van der Waals surface area contributed by atoms with Gasteiger partial charge < -0.3 is 10.1 Å². The lowest BCUT2D eigenvalue weighted by Gasteiger charge is -2.09. The maximum Gasteiger partial charge on any atom is 0.229 e. The molecule has 136 valence electrons. The minimum absolute atomic E-state index is 0.0401. The van der Waals surface area contributed by atoms with Crippen molar-refractivity contribution >= 4 is 32.7 Å². The highest BCUT2D eigenvalue weighted by Crippen LogP contribution is 2.36. The number of carbonyl (C=O) groups is 1. The van der Waals surface area contributed by atoms with Gasteiger partial charge in [0.25, 0.3) is 0 Å². The normalized spacial score (nSPS) is 13.8. The molecule has 9 heteroatoms. The van der Waals surface area contributed by atoms with E-state index in [0.717, 1.165) is 34.5 Å². The van der Waals surface area contributed by atoms with E-state index >= 15 is 0 Å². The number of hydrogen-bond donors (Lipinski definition) is 2. The van der Waals surface area contributed by atoms with E-state index in [1.165, 1.54) is 11.3 Å². The summed E-state index contributed by atoms with van der Waals surface area (Å²) in [5, 5.41) is 10.8. The number of ether oxygens (including phenoxy) is 1. The van der Waals surface area contributed by atoms with Gasteiger partial charge in [0.15, 0.2) is 16.6 Å². The second-order valence-corrected chi connectivity index (χ2v) is 7.36. The van der Waals surface area contributed by atoms with Gasteiger partial charge in [-0.15, -0.1) is 0 Å². The van der Waals surface area contributed by atoms with Gasteiger partial charge in [0.1, 0.15) is 16.8 Å². The van der Waals surface area contributed by atoms with Crippen molar-refractivity contribution in [3.63, 3.8) is 0 Å². The molecule has 0 atom stereocenters. The summed E-state index contributed by atoms with van der Waals surface area (Å²) < 4.78 is 8.23. The van der Waals surface area contributed by atoms with Gasteiger partial charge in [-0.3, -0.25) is 14.5 Å². The van der Waals surface area contributed by atoms with Crippen LogP contribution in [0.3, 0.4) is 0 Å². The lowest BCUT2D eigenvalue weighted by molar-refractivity contribution is -0.117. The van der Waals surface area contributed by atoms with Crippen molar-refractivity contribution in [1.82, 2.24) is 24.7 Å². The maximum absolute atomic E-state index is 12.0. The van der Waals surface area contributed by atoms with Crippen LogP contribution in [-0.2, 0) is 4.79 Å². The summed E-state index contributed by atoms with van der Waals surface area (Å²) in [5.74, 6) is 1.62. The van der Waals surface area contributed by atoms with E-state index in [9.17, 15) is 4.79 Å². The predicted molar refractivity (Wildman–Crippen MR) is 102 cm³/mol. The number of aromatic amines is 1. The molecule has 5 rings (SSSR count). The number of carbonyl (C=O) groups excluding carboxylic acids is 1. The first-order chi connectivity index (χ1) is 13.2. The van der Waals surface area contributed by atoms with Gasteiger partial charge in [0.05, 0.1) is 19.0 Å². The fourth-order valence-corrected chi connectivity index (χ4v) is 3.90. The second kappa shape index (κ2) is 6.20. The number of hydrogen-bond acceptors (Lipinski definition) is 6. The van der Waals surface area contributed by atoms with Crippen LogP contribution in [-0.4, -0.2) is 37.7 Å². The molecule has 2 N–H and O–H groups in total. The molecule has 3 aromatic heterocycles. The van der Waals surface area contributed by atoms with Gasteiger partial charge in [0, 0.05) is 11.5 Å². The number of imidazole rings is 1. The van der Waals surface area contributed by atoms with Gasteiger partial charge in [0.2, 0.25) is 5.91 Å². The van der Waals surface area contributed by atoms with Crippen LogP contribution in [0.15, 0.2) is 36.8 Å². The highest BCUT2D eigenvalue weighted by atomic mass is 32.1. The SMILES string of the molecule is COc1ccccc1-c1cncn1-c1n[nH]c2nc(NC(=O)C3CC3)sc12. The summed E-state index contributed by atoms with van der Waals surface area (Å²) in [7, 11) is 1.64. The van der Waals surface area contributed by atoms with Crippen molar-refractivity contribution in [2.24, 2.45) is 5.92 Å². The summed E-state index contributed by atoms with van der Waals surface area (Å²) in [6.07, 6.45) is 5.40. The lowest BCUT2D eigenvalue weighted by Crippen LogP contribution is -2.12. The van der Waals surface area contributed by atoms with E-state index in [4.69, 9.17) is 4.74 Å². The monoisotopic (exact) mass is 380 g/mol. The molecule has 1 aliphatic carbocycles. The number of anilines is 1. The van der Waals surface area contributed by atoms with Crippen LogP contribution in [0.1, 0.15) is 12.8 Å². The van der Waals surface area contributed by atoms with E-state index in [1.54, 1.807) is 19.6 Å². The average molecular weight is 380 g/mol. The zero-order chi connectivity index (χ0) is 18.4. The number of amides is 1.